The molecule has 2 aromatic rings. The number of aromatic nitrogens is 2. The smallest absolute Gasteiger partial charge is 0.0949 e. The summed E-state index contributed by atoms with van der Waals surface area (Å²) in [7, 11) is 2.20. The van der Waals surface area contributed by atoms with E-state index in [-0.39, 0.29) is 6.04 Å². The molecule has 0 amide bonds. The maximum absolute atomic E-state index is 6.37. The van der Waals surface area contributed by atoms with E-state index in [9.17, 15) is 0 Å². The van der Waals surface area contributed by atoms with Gasteiger partial charge in [-0.05, 0) is 25.5 Å². The third kappa shape index (κ3) is 2.92. The molecule has 2 N–H and O–H groups in total. The SMILES string of the molecule is CN(CCn1cncc1C(N)c1ccccc1)C1CC1. The number of benzene rings is 1. The first-order valence-corrected chi connectivity index (χ1v) is 7.26. The highest BCUT2D eigenvalue weighted by Gasteiger charge is 2.25. The molecule has 4 heteroatoms. The Bertz CT molecular complexity index is 545. The highest BCUT2D eigenvalue weighted by atomic mass is 15.2. The number of nitrogens with zero attached hydrogens (tertiary/aromatic N) is 3. The zero-order chi connectivity index (χ0) is 13.9. The Balaban J connectivity index is 1.69. The number of hydrogen-bond acceptors (Lipinski definition) is 3. The Morgan fingerprint density at radius 3 is 2.80 bits per heavy atom. The van der Waals surface area contributed by atoms with Gasteiger partial charge in [-0.2, -0.15) is 0 Å². The summed E-state index contributed by atoms with van der Waals surface area (Å²) in [5.41, 5.74) is 8.58. The van der Waals surface area contributed by atoms with Crippen molar-refractivity contribution in [1.29, 1.82) is 0 Å². The van der Waals surface area contributed by atoms with Gasteiger partial charge >= 0.3 is 0 Å². The number of likely N-dealkylation sites (N-methyl/N-ethyl adjacent to an activating group) is 1. The molecule has 1 aromatic heterocycles. The Hall–Kier alpha value is -1.65. The van der Waals surface area contributed by atoms with Crippen LogP contribution in [0.25, 0.3) is 0 Å². The summed E-state index contributed by atoms with van der Waals surface area (Å²) in [6.07, 6.45) is 6.46. The number of rotatable bonds is 6. The molecule has 4 nitrogen and oxygen atoms in total. The molecule has 0 aliphatic heterocycles. The van der Waals surface area contributed by atoms with E-state index >= 15 is 0 Å². The Labute approximate surface area is 120 Å². The summed E-state index contributed by atoms with van der Waals surface area (Å²) < 4.78 is 2.18. The van der Waals surface area contributed by atoms with E-state index in [1.807, 2.05) is 30.7 Å². The van der Waals surface area contributed by atoms with E-state index in [2.05, 4.69) is 33.6 Å². The lowest BCUT2D eigenvalue weighted by Gasteiger charge is -2.19. The van der Waals surface area contributed by atoms with Crippen molar-refractivity contribution in [3.05, 3.63) is 54.1 Å². The molecule has 1 heterocycles. The number of imidazole rings is 1. The summed E-state index contributed by atoms with van der Waals surface area (Å²) >= 11 is 0. The average Bonchev–Trinajstić information content (AvgIpc) is 3.24. The van der Waals surface area contributed by atoms with Crippen LogP contribution >= 0.6 is 0 Å². The van der Waals surface area contributed by atoms with Crippen molar-refractivity contribution < 1.29 is 0 Å². The monoisotopic (exact) mass is 270 g/mol. The van der Waals surface area contributed by atoms with Gasteiger partial charge in [-0.15, -0.1) is 0 Å². The third-order valence-corrected chi connectivity index (χ3v) is 4.09. The summed E-state index contributed by atoms with van der Waals surface area (Å²) in [5, 5.41) is 0. The molecule has 1 aromatic carbocycles. The van der Waals surface area contributed by atoms with Crippen molar-refractivity contribution >= 4 is 0 Å². The molecule has 1 aliphatic carbocycles. The van der Waals surface area contributed by atoms with Gasteiger partial charge < -0.3 is 15.2 Å². The van der Waals surface area contributed by atoms with Gasteiger partial charge in [0.1, 0.15) is 0 Å². The molecule has 1 unspecified atom stereocenters. The number of nitrogens with two attached hydrogens (primary N) is 1. The van der Waals surface area contributed by atoms with Gasteiger partial charge in [-0.1, -0.05) is 30.3 Å². The first-order valence-electron chi connectivity index (χ1n) is 7.26. The predicted octanol–water partition coefficient (Wildman–Crippen LogP) is 2.03. The minimum atomic E-state index is -0.107. The second kappa shape index (κ2) is 5.77. The van der Waals surface area contributed by atoms with Gasteiger partial charge in [-0.3, -0.25) is 0 Å². The molecule has 0 radical (unpaired) electrons. The fourth-order valence-corrected chi connectivity index (χ4v) is 2.57. The minimum Gasteiger partial charge on any atom is -0.332 e. The lowest BCUT2D eigenvalue weighted by Crippen LogP contribution is -2.26. The quantitative estimate of drug-likeness (QED) is 0.873. The van der Waals surface area contributed by atoms with Gasteiger partial charge in [0.05, 0.1) is 24.3 Å². The van der Waals surface area contributed by atoms with Crippen LogP contribution < -0.4 is 5.73 Å². The van der Waals surface area contributed by atoms with Crippen molar-refractivity contribution in [2.24, 2.45) is 5.73 Å². The lowest BCUT2D eigenvalue weighted by atomic mass is 10.1. The van der Waals surface area contributed by atoms with Gasteiger partial charge in [0.25, 0.3) is 0 Å². The molecule has 1 saturated carbocycles. The van der Waals surface area contributed by atoms with Crippen LogP contribution in [0.5, 0.6) is 0 Å². The van der Waals surface area contributed by atoms with Gasteiger partial charge in [0.15, 0.2) is 0 Å². The van der Waals surface area contributed by atoms with E-state index < -0.39 is 0 Å². The van der Waals surface area contributed by atoms with Crippen molar-refractivity contribution in [3.63, 3.8) is 0 Å². The van der Waals surface area contributed by atoms with E-state index in [1.165, 1.54) is 12.8 Å². The molecule has 0 bridgehead atoms. The summed E-state index contributed by atoms with van der Waals surface area (Å²) in [4.78, 5) is 6.70. The molecule has 0 saturated heterocycles. The summed E-state index contributed by atoms with van der Waals surface area (Å²) in [6.45, 7) is 2.00. The molecule has 106 valence electrons. The van der Waals surface area contributed by atoms with Crippen molar-refractivity contribution in [2.75, 3.05) is 13.6 Å². The second-order valence-corrected chi connectivity index (χ2v) is 5.61. The van der Waals surface area contributed by atoms with E-state index in [0.717, 1.165) is 30.4 Å². The van der Waals surface area contributed by atoms with Crippen LogP contribution in [0.2, 0.25) is 0 Å². The number of hydrogen-bond donors (Lipinski definition) is 1. The zero-order valence-electron chi connectivity index (χ0n) is 11.9. The van der Waals surface area contributed by atoms with Crippen molar-refractivity contribution in [1.82, 2.24) is 14.5 Å². The first kappa shape index (κ1) is 13.3. The lowest BCUT2D eigenvalue weighted by molar-refractivity contribution is 0.307. The normalized spacial score (nSPS) is 16.6. The third-order valence-electron chi connectivity index (χ3n) is 4.09. The first-order chi connectivity index (χ1) is 9.75. The topological polar surface area (TPSA) is 47.1 Å². The Morgan fingerprint density at radius 1 is 1.35 bits per heavy atom. The Kier molecular flexibility index (Phi) is 3.85. The fraction of sp³-hybridized carbons (Fsp3) is 0.438. The predicted molar refractivity (Wildman–Crippen MR) is 80.4 cm³/mol. The van der Waals surface area contributed by atoms with Crippen LogP contribution in [-0.4, -0.2) is 34.1 Å². The highest BCUT2D eigenvalue weighted by Crippen LogP contribution is 2.25. The molecule has 1 aliphatic rings. The van der Waals surface area contributed by atoms with Crippen LogP contribution in [0.15, 0.2) is 42.9 Å². The van der Waals surface area contributed by atoms with Crippen molar-refractivity contribution in [2.45, 2.75) is 31.5 Å². The maximum Gasteiger partial charge on any atom is 0.0949 e. The molecule has 1 atom stereocenters. The molecular formula is C16H22N4. The molecule has 0 spiro atoms. The van der Waals surface area contributed by atoms with Crippen molar-refractivity contribution in [3.8, 4) is 0 Å². The standard InChI is InChI=1S/C16H22N4/c1-19(14-7-8-14)9-10-20-12-18-11-15(20)16(17)13-5-3-2-4-6-13/h2-6,11-12,14,16H,7-10,17H2,1H3. The van der Waals surface area contributed by atoms with Crippen LogP contribution in [0.1, 0.15) is 30.1 Å². The zero-order valence-corrected chi connectivity index (χ0v) is 11.9. The largest absolute Gasteiger partial charge is 0.332 e. The van der Waals surface area contributed by atoms with Crippen LogP contribution in [0.3, 0.4) is 0 Å². The summed E-state index contributed by atoms with van der Waals surface area (Å²) in [6, 6.07) is 10.9. The molecular weight excluding hydrogens is 248 g/mol. The van der Waals surface area contributed by atoms with E-state index in [0.29, 0.717) is 0 Å². The van der Waals surface area contributed by atoms with Crippen LogP contribution in [0, 0.1) is 0 Å². The average molecular weight is 270 g/mol. The van der Waals surface area contributed by atoms with Crippen LogP contribution in [0.4, 0.5) is 0 Å². The highest BCUT2D eigenvalue weighted by molar-refractivity contribution is 5.26. The summed E-state index contributed by atoms with van der Waals surface area (Å²) in [5.74, 6) is 0. The molecule has 3 rings (SSSR count). The van der Waals surface area contributed by atoms with Gasteiger partial charge in [0, 0.05) is 19.1 Å². The van der Waals surface area contributed by atoms with Gasteiger partial charge in [-0.25, -0.2) is 4.98 Å². The Morgan fingerprint density at radius 2 is 2.10 bits per heavy atom. The van der Waals surface area contributed by atoms with E-state index in [4.69, 9.17) is 5.73 Å². The fourth-order valence-electron chi connectivity index (χ4n) is 2.57. The minimum absolute atomic E-state index is 0.107. The van der Waals surface area contributed by atoms with Gasteiger partial charge in [0.2, 0.25) is 0 Å². The van der Waals surface area contributed by atoms with E-state index in [1.54, 1.807) is 0 Å². The maximum atomic E-state index is 6.37. The molecule has 1 fully saturated rings. The second-order valence-electron chi connectivity index (χ2n) is 5.61. The molecule has 20 heavy (non-hydrogen) atoms. The van der Waals surface area contributed by atoms with Crippen LogP contribution in [-0.2, 0) is 6.54 Å².